The zero-order chi connectivity index (χ0) is 23.3. The first-order valence-electron chi connectivity index (χ1n) is 8.94. The number of sulfonamides is 1. The highest BCUT2D eigenvalue weighted by molar-refractivity contribution is 7.93. The Morgan fingerprint density at radius 3 is 2.56 bits per heavy atom. The summed E-state index contributed by atoms with van der Waals surface area (Å²) in [6, 6.07) is 14.2. The Balaban J connectivity index is 1.96. The second-order valence-corrected chi connectivity index (χ2v) is 8.35. The Kier molecular flexibility index (Phi) is 6.81. The first-order chi connectivity index (χ1) is 15.2. The standard InChI is InChI=1S/C20H17ClN4O6S/c1-31-18-8-4-5-13(20(18)26)12-22-23-17-10-9-14(25(27)28)11-19(17)32(29,30)24-16-7-3-2-6-15(16)21/h2-12,23-24,26H,1H3/b22-12+. The Morgan fingerprint density at radius 2 is 1.88 bits per heavy atom. The lowest BCUT2D eigenvalue weighted by Crippen LogP contribution is -2.15. The predicted molar refractivity (Wildman–Crippen MR) is 121 cm³/mol. The van der Waals surface area contributed by atoms with E-state index in [0.717, 1.165) is 12.1 Å². The maximum Gasteiger partial charge on any atom is 0.270 e. The van der Waals surface area contributed by atoms with E-state index in [2.05, 4.69) is 15.2 Å². The van der Waals surface area contributed by atoms with E-state index in [-0.39, 0.29) is 27.9 Å². The van der Waals surface area contributed by atoms with Crippen LogP contribution in [0.2, 0.25) is 5.02 Å². The lowest BCUT2D eigenvalue weighted by atomic mass is 10.2. The van der Waals surface area contributed by atoms with Crippen LogP contribution in [0.15, 0.2) is 70.7 Å². The molecule has 0 heterocycles. The van der Waals surface area contributed by atoms with Gasteiger partial charge >= 0.3 is 0 Å². The van der Waals surface area contributed by atoms with Gasteiger partial charge in [0.05, 0.1) is 34.6 Å². The summed E-state index contributed by atoms with van der Waals surface area (Å²) in [5.41, 5.74) is 2.49. The molecule has 0 spiro atoms. The summed E-state index contributed by atoms with van der Waals surface area (Å²) >= 11 is 6.02. The zero-order valence-corrected chi connectivity index (χ0v) is 18.1. The number of ether oxygens (including phenoxy) is 1. The van der Waals surface area contributed by atoms with Crippen LogP contribution in [0.3, 0.4) is 0 Å². The van der Waals surface area contributed by atoms with Crippen LogP contribution in [-0.2, 0) is 10.0 Å². The molecule has 3 aromatic rings. The number of phenols is 1. The van der Waals surface area contributed by atoms with Crippen LogP contribution in [0.4, 0.5) is 17.1 Å². The number of hydrogen-bond donors (Lipinski definition) is 3. The van der Waals surface area contributed by atoms with Gasteiger partial charge in [-0.05, 0) is 30.3 Å². The van der Waals surface area contributed by atoms with Crippen molar-refractivity contribution >= 4 is 44.9 Å². The molecule has 166 valence electrons. The number of anilines is 2. The number of benzene rings is 3. The van der Waals surface area contributed by atoms with Gasteiger partial charge in [0.25, 0.3) is 15.7 Å². The smallest absolute Gasteiger partial charge is 0.270 e. The lowest BCUT2D eigenvalue weighted by Gasteiger charge is -2.13. The van der Waals surface area contributed by atoms with Crippen molar-refractivity contribution in [3.63, 3.8) is 0 Å². The summed E-state index contributed by atoms with van der Waals surface area (Å²) in [6.45, 7) is 0. The second-order valence-electron chi connectivity index (χ2n) is 6.29. The van der Waals surface area contributed by atoms with Gasteiger partial charge in [0.2, 0.25) is 0 Å². The first-order valence-corrected chi connectivity index (χ1v) is 10.8. The fraction of sp³-hybridized carbons (Fsp3) is 0.0500. The van der Waals surface area contributed by atoms with E-state index in [9.17, 15) is 23.6 Å². The van der Waals surface area contributed by atoms with Crippen molar-refractivity contribution in [1.29, 1.82) is 0 Å². The van der Waals surface area contributed by atoms with E-state index < -0.39 is 25.5 Å². The van der Waals surface area contributed by atoms with Gasteiger partial charge in [0.15, 0.2) is 11.5 Å². The maximum atomic E-state index is 13.0. The number of rotatable bonds is 8. The van der Waals surface area contributed by atoms with Crippen molar-refractivity contribution in [2.24, 2.45) is 5.10 Å². The van der Waals surface area contributed by atoms with Crippen LogP contribution in [-0.4, -0.2) is 31.8 Å². The van der Waals surface area contributed by atoms with Crippen molar-refractivity contribution in [2.45, 2.75) is 4.90 Å². The second kappa shape index (κ2) is 9.54. The zero-order valence-electron chi connectivity index (χ0n) is 16.5. The summed E-state index contributed by atoms with van der Waals surface area (Å²) < 4.78 is 33.3. The van der Waals surface area contributed by atoms with Crippen LogP contribution in [0, 0.1) is 10.1 Å². The Morgan fingerprint density at radius 1 is 1.12 bits per heavy atom. The molecule has 0 amide bonds. The minimum absolute atomic E-state index is 0.0335. The highest BCUT2D eigenvalue weighted by Gasteiger charge is 2.23. The molecule has 0 bridgehead atoms. The third-order valence-corrected chi connectivity index (χ3v) is 5.96. The summed E-state index contributed by atoms with van der Waals surface area (Å²) in [7, 11) is -2.88. The highest BCUT2D eigenvalue weighted by Crippen LogP contribution is 2.31. The fourth-order valence-electron chi connectivity index (χ4n) is 2.66. The van der Waals surface area contributed by atoms with Gasteiger partial charge in [-0.3, -0.25) is 20.3 Å². The Bertz CT molecular complexity index is 1300. The molecular weight excluding hydrogens is 460 g/mol. The quantitative estimate of drug-likeness (QED) is 0.251. The number of nitrogens with one attached hydrogen (secondary N) is 2. The monoisotopic (exact) mass is 476 g/mol. The van der Waals surface area contributed by atoms with Gasteiger partial charge in [-0.15, -0.1) is 0 Å². The number of halogens is 1. The van der Waals surface area contributed by atoms with Gasteiger partial charge in [-0.1, -0.05) is 29.8 Å². The molecule has 0 atom stereocenters. The van der Waals surface area contributed by atoms with Crippen LogP contribution < -0.4 is 14.9 Å². The molecule has 0 aliphatic rings. The molecule has 0 radical (unpaired) electrons. The number of aromatic hydroxyl groups is 1. The Labute approximate surface area is 188 Å². The molecule has 12 heteroatoms. The van der Waals surface area contributed by atoms with E-state index in [0.29, 0.717) is 5.56 Å². The van der Waals surface area contributed by atoms with Gasteiger partial charge < -0.3 is 9.84 Å². The van der Waals surface area contributed by atoms with Crippen molar-refractivity contribution in [3.8, 4) is 11.5 Å². The third kappa shape index (κ3) is 5.07. The van der Waals surface area contributed by atoms with Gasteiger partial charge in [0.1, 0.15) is 4.90 Å². The number of nitro groups is 1. The molecule has 0 aromatic heterocycles. The predicted octanol–water partition coefficient (Wildman–Crippen LogP) is 4.21. The summed E-state index contributed by atoms with van der Waals surface area (Å²) in [4.78, 5) is 10.0. The van der Waals surface area contributed by atoms with E-state index in [4.69, 9.17) is 16.3 Å². The fourth-order valence-corrected chi connectivity index (χ4v) is 4.16. The molecular formula is C20H17ClN4O6S. The minimum atomic E-state index is -4.28. The van der Waals surface area contributed by atoms with Crippen molar-refractivity contribution < 1.29 is 23.2 Å². The van der Waals surface area contributed by atoms with E-state index in [1.807, 2.05) is 0 Å². The van der Waals surface area contributed by atoms with Gasteiger partial charge in [0, 0.05) is 17.7 Å². The maximum absolute atomic E-state index is 13.0. The van der Waals surface area contributed by atoms with Gasteiger partial charge in [-0.2, -0.15) is 5.10 Å². The highest BCUT2D eigenvalue weighted by atomic mass is 35.5. The SMILES string of the molecule is COc1cccc(/C=N/Nc2ccc([N+](=O)[O-])cc2S(=O)(=O)Nc2ccccc2Cl)c1O. The number of methoxy groups -OCH3 is 1. The van der Waals surface area contributed by atoms with E-state index >= 15 is 0 Å². The summed E-state index contributed by atoms with van der Waals surface area (Å²) in [5, 5.41) is 25.4. The van der Waals surface area contributed by atoms with Crippen molar-refractivity contribution in [2.75, 3.05) is 17.3 Å². The molecule has 3 rings (SSSR count). The average molecular weight is 477 g/mol. The average Bonchev–Trinajstić information content (AvgIpc) is 2.76. The van der Waals surface area contributed by atoms with E-state index in [1.54, 1.807) is 30.3 Å². The van der Waals surface area contributed by atoms with Crippen LogP contribution in [0.1, 0.15) is 5.56 Å². The molecule has 3 N–H and O–H groups in total. The molecule has 3 aromatic carbocycles. The Hall–Kier alpha value is -3.83. The van der Waals surface area contributed by atoms with E-state index in [1.165, 1.54) is 31.5 Å². The number of phenolic OH excluding ortho intramolecular Hbond substituents is 1. The molecule has 10 nitrogen and oxygen atoms in total. The van der Waals surface area contributed by atoms with Crippen LogP contribution in [0.25, 0.3) is 0 Å². The third-order valence-electron chi connectivity index (χ3n) is 4.22. The molecule has 0 fully saturated rings. The van der Waals surface area contributed by atoms with Crippen LogP contribution >= 0.6 is 11.6 Å². The molecule has 0 unspecified atom stereocenters. The molecule has 0 saturated carbocycles. The van der Waals surface area contributed by atoms with Gasteiger partial charge in [-0.25, -0.2) is 8.42 Å². The normalized spacial score (nSPS) is 11.3. The number of nitro benzene ring substituents is 1. The molecule has 0 saturated heterocycles. The minimum Gasteiger partial charge on any atom is -0.504 e. The largest absolute Gasteiger partial charge is 0.504 e. The molecule has 0 aliphatic heterocycles. The summed E-state index contributed by atoms with van der Waals surface area (Å²) in [5.74, 6) is 0.0778. The number of para-hydroxylation sites is 2. The van der Waals surface area contributed by atoms with Crippen molar-refractivity contribution in [3.05, 3.63) is 81.4 Å². The molecule has 32 heavy (non-hydrogen) atoms. The number of nitrogens with zero attached hydrogens (tertiary/aromatic N) is 2. The van der Waals surface area contributed by atoms with Crippen LogP contribution in [0.5, 0.6) is 11.5 Å². The van der Waals surface area contributed by atoms with Crippen molar-refractivity contribution in [1.82, 2.24) is 0 Å². The number of hydrogen-bond acceptors (Lipinski definition) is 8. The topological polar surface area (TPSA) is 143 Å². The number of hydrazone groups is 1. The molecule has 0 aliphatic carbocycles. The lowest BCUT2D eigenvalue weighted by molar-refractivity contribution is -0.385. The first kappa shape index (κ1) is 22.8. The summed E-state index contributed by atoms with van der Waals surface area (Å²) in [6.07, 6.45) is 1.25. The number of non-ortho nitro benzene ring substituents is 1.